The Morgan fingerprint density at radius 1 is 1.00 bits per heavy atom. The third-order valence-electron chi connectivity index (χ3n) is 2.95. The Labute approximate surface area is 113 Å². The summed E-state index contributed by atoms with van der Waals surface area (Å²) in [6, 6.07) is 14.2. The number of rotatable bonds is 4. The molecule has 0 saturated heterocycles. The first-order valence-corrected chi connectivity index (χ1v) is 6.68. The molecule has 2 rings (SSSR count). The summed E-state index contributed by atoms with van der Waals surface area (Å²) < 4.78 is 5.87. The lowest BCUT2D eigenvalue weighted by Crippen LogP contribution is -1.89. The maximum absolute atomic E-state index is 5.87. The number of hydrogen-bond donors (Lipinski definition) is 0. The van der Waals surface area contributed by atoms with Crippen molar-refractivity contribution in [1.29, 1.82) is 0 Å². The second-order valence-electron chi connectivity index (χ2n) is 4.33. The van der Waals surface area contributed by atoms with Crippen molar-refractivity contribution < 1.29 is 4.74 Å². The zero-order chi connectivity index (χ0) is 13.0. The molecule has 18 heavy (non-hydrogen) atoms. The molecule has 0 aromatic heterocycles. The summed E-state index contributed by atoms with van der Waals surface area (Å²) in [5.74, 6) is 2.29. The maximum Gasteiger partial charge on any atom is 0.130 e. The zero-order valence-electron chi connectivity index (χ0n) is 10.7. The Bertz CT molecular complexity index is 517. The van der Waals surface area contributed by atoms with E-state index in [0.29, 0.717) is 5.88 Å². The average Bonchev–Trinajstić information content (AvgIpc) is 2.42. The first kappa shape index (κ1) is 13.0. The number of benzene rings is 2. The fraction of sp³-hybridized carbons (Fsp3) is 0.250. The van der Waals surface area contributed by atoms with Crippen LogP contribution in [0.15, 0.2) is 42.5 Å². The van der Waals surface area contributed by atoms with Crippen molar-refractivity contribution in [1.82, 2.24) is 0 Å². The molecule has 0 atom stereocenters. The minimum Gasteiger partial charge on any atom is -0.457 e. The van der Waals surface area contributed by atoms with E-state index in [4.69, 9.17) is 16.3 Å². The minimum absolute atomic E-state index is 0.534. The van der Waals surface area contributed by atoms with Crippen molar-refractivity contribution in [2.24, 2.45) is 0 Å². The van der Waals surface area contributed by atoms with Gasteiger partial charge in [-0.2, -0.15) is 0 Å². The van der Waals surface area contributed by atoms with Crippen LogP contribution in [-0.2, 0) is 12.3 Å². The first-order valence-electron chi connectivity index (χ1n) is 6.15. The average molecular weight is 261 g/mol. The van der Waals surface area contributed by atoms with Gasteiger partial charge in [-0.15, -0.1) is 11.6 Å². The maximum atomic E-state index is 5.87. The normalized spacial score (nSPS) is 10.4. The molecule has 0 spiro atoms. The van der Waals surface area contributed by atoms with E-state index in [1.54, 1.807) is 0 Å². The first-order chi connectivity index (χ1) is 8.72. The van der Waals surface area contributed by atoms with Crippen LogP contribution in [0.5, 0.6) is 11.5 Å². The molecule has 0 amide bonds. The fourth-order valence-electron chi connectivity index (χ4n) is 1.83. The molecular weight excluding hydrogens is 244 g/mol. The number of alkyl halides is 1. The number of ether oxygens (including phenoxy) is 1. The molecule has 2 heteroatoms. The molecule has 0 aliphatic carbocycles. The van der Waals surface area contributed by atoms with Gasteiger partial charge in [0.2, 0.25) is 0 Å². The Hall–Kier alpha value is -1.47. The van der Waals surface area contributed by atoms with Gasteiger partial charge in [0.15, 0.2) is 0 Å². The van der Waals surface area contributed by atoms with Crippen LogP contribution in [0.25, 0.3) is 0 Å². The van der Waals surface area contributed by atoms with Crippen LogP contribution in [0.2, 0.25) is 0 Å². The van der Waals surface area contributed by atoms with Gasteiger partial charge in [-0.1, -0.05) is 31.2 Å². The van der Waals surface area contributed by atoms with E-state index in [0.717, 1.165) is 29.0 Å². The molecule has 2 aromatic rings. The molecule has 0 fully saturated rings. The second-order valence-corrected chi connectivity index (χ2v) is 4.60. The summed E-state index contributed by atoms with van der Waals surface area (Å²) in [5, 5.41) is 0. The molecule has 0 radical (unpaired) electrons. The second kappa shape index (κ2) is 5.92. The molecule has 0 bridgehead atoms. The topological polar surface area (TPSA) is 9.23 Å². The molecule has 0 N–H and O–H groups in total. The lowest BCUT2D eigenvalue weighted by atomic mass is 10.1. The zero-order valence-corrected chi connectivity index (χ0v) is 11.5. The molecule has 94 valence electrons. The quantitative estimate of drug-likeness (QED) is 0.696. The molecule has 0 unspecified atom stereocenters. The van der Waals surface area contributed by atoms with Crippen LogP contribution in [0.4, 0.5) is 0 Å². The van der Waals surface area contributed by atoms with Gasteiger partial charge in [-0.05, 0) is 48.2 Å². The number of hydrogen-bond acceptors (Lipinski definition) is 1. The fourth-order valence-corrected chi connectivity index (χ4v) is 2.00. The van der Waals surface area contributed by atoms with Crippen molar-refractivity contribution in [2.75, 3.05) is 0 Å². The third-order valence-corrected chi connectivity index (χ3v) is 3.26. The Morgan fingerprint density at radius 3 is 2.22 bits per heavy atom. The molecule has 1 nitrogen and oxygen atoms in total. The monoisotopic (exact) mass is 260 g/mol. The van der Waals surface area contributed by atoms with Gasteiger partial charge in [0, 0.05) is 5.88 Å². The highest BCUT2D eigenvalue weighted by atomic mass is 35.5. The van der Waals surface area contributed by atoms with Gasteiger partial charge in [-0.3, -0.25) is 0 Å². The third kappa shape index (κ3) is 3.05. The largest absolute Gasteiger partial charge is 0.457 e. The summed E-state index contributed by atoms with van der Waals surface area (Å²) in [7, 11) is 0. The van der Waals surface area contributed by atoms with Crippen LogP contribution >= 0.6 is 11.6 Å². The van der Waals surface area contributed by atoms with E-state index < -0.39 is 0 Å². The Balaban J connectivity index is 2.17. The van der Waals surface area contributed by atoms with Crippen LogP contribution in [0.3, 0.4) is 0 Å². The van der Waals surface area contributed by atoms with E-state index in [9.17, 15) is 0 Å². The molecule has 0 aliphatic rings. The lowest BCUT2D eigenvalue weighted by molar-refractivity contribution is 0.478. The molecule has 2 aromatic carbocycles. The molecule has 0 aliphatic heterocycles. The van der Waals surface area contributed by atoms with Gasteiger partial charge in [-0.25, -0.2) is 0 Å². The van der Waals surface area contributed by atoms with Gasteiger partial charge in [0.1, 0.15) is 11.5 Å². The predicted molar refractivity (Wildman–Crippen MR) is 76.6 cm³/mol. The summed E-state index contributed by atoms with van der Waals surface area (Å²) in [4.78, 5) is 0. The van der Waals surface area contributed by atoms with Crippen molar-refractivity contribution in [3.8, 4) is 11.5 Å². The van der Waals surface area contributed by atoms with Gasteiger partial charge in [0.05, 0.1) is 0 Å². The summed E-state index contributed by atoms with van der Waals surface area (Å²) in [6.07, 6.45) is 1.05. The van der Waals surface area contributed by atoms with Crippen LogP contribution in [-0.4, -0.2) is 0 Å². The highest BCUT2D eigenvalue weighted by molar-refractivity contribution is 6.17. The van der Waals surface area contributed by atoms with E-state index in [1.165, 1.54) is 5.56 Å². The van der Waals surface area contributed by atoms with Crippen molar-refractivity contribution in [2.45, 2.75) is 26.1 Å². The van der Waals surface area contributed by atoms with Crippen molar-refractivity contribution in [3.05, 3.63) is 59.2 Å². The van der Waals surface area contributed by atoms with Crippen LogP contribution in [0.1, 0.15) is 23.6 Å². The standard InChI is InChI=1S/C16H17ClO/c1-3-13-4-7-15(8-5-13)18-16-9-6-14(11-17)10-12(16)2/h4-10H,3,11H2,1-2H3. The lowest BCUT2D eigenvalue weighted by Gasteiger charge is -2.10. The highest BCUT2D eigenvalue weighted by Gasteiger charge is 2.02. The van der Waals surface area contributed by atoms with Gasteiger partial charge >= 0.3 is 0 Å². The molecule has 0 saturated carbocycles. The van der Waals surface area contributed by atoms with Crippen molar-refractivity contribution >= 4 is 11.6 Å². The van der Waals surface area contributed by atoms with E-state index in [1.807, 2.05) is 31.2 Å². The Kier molecular flexibility index (Phi) is 4.27. The summed E-state index contributed by atoms with van der Waals surface area (Å²) in [5.41, 5.74) is 3.53. The SMILES string of the molecule is CCc1ccc(Oc2ccc(CCl)cc2C)cc1. The molecular formula is C16H17ClO. The smallest absolute Gasteiger partial charge is 0.130 e. The predicted octanol–water partition coefficient (Wildman–Crippen LogP) is 5.09. The molecule has 0 heterocycles. The number of halogens is 1. The van der Waals surface area contributed by atoms with Crippen LogP contribution in [0, 0.1) is 6.92 Å². The summed E-state index contributed by atoms with van der Waals surface area (Å²) in [6.45, 7) is 4.18. The van der Waals surface area contributed by atoms with Gasteiger partial charge in [0.25, 0.3) is 0 Å². The minimum atomic E-state index is 0.534. The van der Waals surface area contributed by atoms with E-state index in [-0.39, 0.29) is 0 Å². The summed E-state index contributed by atoms with van der Waals surface area (Å²) >= 11 is 5.80. The Morgan fingerprint density at radius 2 is 1.67 bits per heavy atom. The van der Waals surface area contributed by atoms with Gasteiger partial charge < -0.3 is 4.74 Å². The van der Waals surface area contributed by atoms with Crippen LogP contribution < -0.4 is 4.74 Å². The highest BCUT2D eigenvalue weighted by Crippen LogP contribution is 2.26. The van der Waals surface area contributed by atoms with Crippen molar-refractivity contribution in [3.63, 3.8) is 0 Å². The van der Waals surface area contributed by atoms with E-state index in [2.05, 4.69) is 25.1 Å². The van der Waals surface area contributed by atoms with E-state index >= 15 is 0 Å². The number of aryl methyl sites for hydroxylation is 2.